The van der Waals surface area contributed by atoms with Gasteiger partial charge in [0.15, 0.2) is 0 Å². The largest absolute Gasteiger partial charge is 0.481 e. The highest BCUT2D eigenvalue weighted by Crippen LogP contribution is 2.31. The summed E-state index contributed by atoms with van der Waals surface area (Å²) < 4.78 is 13.3. The number of nitrogens with zero attached hydrogens (tertiary/aromatic N) is 1. The minimum atomic E-state index is -0.917. The molecule has 1 aromatic carbocycles. The first-order chi connectivity index (χ1) is 10.3. The fraction of sp³-hybridized carbons (Fsp3) is 0.385. The second-order valence-corrected chi connectivity index (χ2v) is 5.86. The van der Waals surface area contributed by atoms with E-state index in [1.807, 2.05) is 0 Å². The highest BCUT2D eigenvalue weighted by atomic mass is 79.9. The van der Waals surface area contributed by atoms with Crippen LogP contribution < -0.4 is 5.32 Å². The minimum Gasteiger partial charge on any atom is -0.481 e. The van der Waals surface area contributed by atoms with Crippen LogP contribution in [0.2, 0.25) is 0 Å². The zero-order chi connectivity index (χ0) is 16.4. The number of aliphatic carboxylic acids is 1. The first-order valence-corrected chi connectivity index (χ1v) is 7.26. The Labute approximate surface area is 132 Å². The van der Waals surface area contributed by atoms with Gasteiger partial charge in [-0.25, -0.2) is 4.39 Å². The number of hydrogen-bond donors (Lipinski definition) is 2. The number of hydrogen-bond acceptors (Lipinski definition) is 4. The van der Waals surface area contributed by atoms with Crippen LogP contribution in [0.4, 0.5) is 10.1 Å². The van der Waals surface area contributed by atoms with E-state index in [2.05, 4.69) is 21.2 Å². The second kappa shape index (κ2) is 6.39. The summed E-state index contributed by atoms with van der Waals surface area (Å²) in [5.74, 6) is -3.00. The zero-order valence-electron chi connectivity index (χ0n) is 11.2. The molecule has 7 nitrogen and oxygen atoms in total. The fourth-order valence-electron chi connectivity index (χ4n) is 2.47. The lowest BCUT2D eigenvalue weighted by atomic mass is 10.1. The van der Waals surface area contributed by atoms with Gasteiger partial charge in [0, 0.05) is 6.04 Å². The predicted octanol–water partition coefficient (Wildman–Crippen LogP) is 2.48. The van der Waals surface area contributed by atoms with Crippen LogP contribution in [0, 0.1) is 21.8 Å². The Balaban J connectivity index is 2.17. The zero-order valence-corrected chi connectivity index (χ0v) is 12.8. The summed E-state index contributed by atoms with van der Waals surface area (Å²) in [5.41, 5.74) is -0.731. The Hall–Kier alpha value is -2.03. The van der Waals surface area contributed by atoms with Gasteiger partial charge in [0.25, 0.3) is 11.6 Å². The van der Waals surface area contributed by atoms with Crippen molar-refractivity contribution in [1.82, 2.24) is 5.32 Å². The molecule has 1 aromatic rings. The smallest absolute Gasteiger partial charge is 0.306 e. The number of amides is 1. The maximum atomic E-state index is 13.4. The molecule has 22 heavy (non-hydrogen) atoms. The predicted molar refractivity (Wildman–Crippen MR) is 77.0 cm³/mol. The number of rotatable bonds is 4. The van der Waals surface area contributed by atoms with Crippen molar-refractivity contribution in [3.8, 4) is 0 Å². The van der Waals surface area contributed by atoms with E-state index in [1.54, 1.807) is 0 Å². The van der Waals surface area contributed by atoms with Gasteiger partial charge in [0.05, 0.1) is 22.5 Å². The number of benzene rings is 1. The second-order valence-electron chi connectivity index (χ2n) is 5.06. The molecule has 1 amide bonds. The van der Waals surface area contributed by atoms with E-state index in [-0.39, 0.29) is 22.5 Å². The standard InChI is InChI=1S/C13H12BrFN2O5/c14-11-9(4-7(15)5-10(11)17(21)22)12(18)16-8-2-1-6(3-8)13(19)20/h4-6,8H,1-3H2,(H,16,18)(H,19,20)/t6-,8+/m1/s1. The van der Waals surface area contributed by atoms with Crippen LogP contribution in [0.5, 0.6) is 0 Å². The molecule has 2 rings (SSSR count). The Morgan fingerprint density at radius 2 is 2.09 bits per heavy atom. The Bertz CT molecular complexity index is 652. The van der Waals surface area contributed by atoms with E-state index in [4.69, 9.17) is 5.11 Å². The van der Waals surface area contributed by atoms with Crippen molar-refractivity contribution < 1.29 is 24.0 Å². The van der Waals surface area contributed by atoms with E-state index in [0.29, 0.717) is 12.8 Å². The average molecular weight is 375 g/mol. The highest BCUT2D eigenvalue weighted by molar-refractivity contribution is 9.10. The van der Waals surface area contributed by atoms with Crippen molar-refractivity contribution >= 4 is 33.5 Å². The van der Waals surface area contributed by atoms with Crippen LogP contribution in [-0.2, 0) is 4.79 Å². The molecule has 1 aliphatic carbocycles. The Kier molecular flexibility index (Phi) is 4.74. The molecule has 0 heterocycles. The summed E-state index contributed by atoms with van der Waals surface area (Å²) in [4.78, 5) is 33.1. The molecule has 0 saturated heterocycles. The van der Waals surface area contributed by atoms with Crippen molar-refractivity contribution in [1.29, 1.82) is 0 Å². The van der Waals surface area contributed by atoms with Crippen molar-refractivity contribution in [3.05, 3.63) is 38.1 Å². The van der Waals surface area contributed by atoms with E-state index in [9.17, 15) is 24.1 Å². The van der Waals surface area contributed by atoms with Gasteiger partial charge in [-0.15, -0.1) is 0 Å². The third-order valence-electron chi connectivity index (χ3n) is 3.58. The van der Waals surface area contributed by atoms with E-state index < -0.39 is 34.2 Å². The number of nitrogens with one attached hydrogen (secondary N) is 1. The third kappa shape index (κ3) is 3.41. The summed E-state index contributed by atoms with van der Waals surface area (Å²) in [7, 11) is 0. The molecule has 118 valence electrons. The first kappa shape index (κ1) is 16.3. The van der Waals surface area contributed by atoms with Gasteiger partial charge in [0.1, 0.15) is 10.3 Å². The molecule has 0 aromatic heterocycles. The lowest BCUT2D eigenvalue weighted by Crippen LogP contribution is -2.33. The summed E-state index contributed by atoms with van der Waals surface area (Å²) in [5, 5.41) is 22.3. The number of carboxylic acid groups (broad SMARTS) is 1. The fourth-order valence-corrected chi connectivity index (χ4v) is 3.03. The molecule has 0 bridgehead atoms. The molecule has 0 spiro atoms. The number of nitro benzene ring substituents is 1. The molecule has 0 radical (unpaired) electrons. The quantitative estimate of drug-likeness (QED) is 0.621. The molecule has 1 saturated carbocycles. The van der Waals surface area contributed by atoms with Crippen LogP contribution in [-0.4, -0.2) is 27.9 Å². The van der Waals surface area contributed by atoms with Gasteiger partial charge in [-0.3, -0.25) is 19.7 Å². The SMILES string of the molecule is O=C(N[C@H]1CC[C@@H](C(=O)O)C1)c1cc(F)cc([N+](=O)[O-])c1Br. The third-order valence-corrected chi connectivity index (χ3v) is 4.41. The molecule has 1 aliphatic rings. The molecular formula is C13H12BrFN2O5. The number of carboxylic acids is 1. The molecule has 2 N–H and O–H groups in total. The number of carbonyl (C=O) groups excluding carboxylic acids is 1. The van der Waals surface area contributed by atoms with E-state index in [1.165, 1.54) is 0 Å². The average Bonchev–Trinajstić information content (AvgIpc) is 2.89. The molecule has 0 unspecified atom stereocenters. The van der Waals surface area contributed by atoms with Gasteiger partial charge >= 0.3 is 5.97 Å². The Morgan fingerprint density at radius 3 is 2.64 bits per heavy atom. The lowest BCUT2D eigenvalue weighted by molar-refractivity contribution is -0.385. The van der Waals surface area contributed by atoms with Crippen LogP contribution in [0.25, 0.3) is 0 Å². The van der Waals surface area contributed by atoms with Gasteiger partial charge in [-0.05, 0) is 41.3 Å². The summed E-state index contributed by atoms with van der Waals surface area (Å²) >= 11 is 2.94. The van der Waals surface area contributed by atoms with Gasteiger partial charge in [-0.2, -0.15) is 0 Å². The van der Waals surface area contributed by atoms with Crippen molar-refractivity contribution in [2.24, 2.45) is 5.92 Å². The summed E-state index contributed by atoms with van der Waals surface area (Å²) in [6.07, 6.45) is 1.23. The number of halogens is 2. The summed E-state index contributed by atoms with van der Waals surface area (Å²) in [6, 6.07) is 1.27. The van der Waals surface area contributed by atoms with Crippen molar-refractivity contribution in [2.75, 3.05) is 0 Å². The molecule has 2 atom stereocenters. The van der Waals surface area contributed by atoms with Crippen LogP contribution in [0.3, 0.4) is 0 Å². The topological polar surface area (TPSA) is 110 Å². The van der Waals surface area contributed by atoms with Gasteiger partial charge in [0.2, 0.25) is 0 Å². The van der Waals surface area contributed by atoms with Crippen LogP contribution in [0.15, 0.2) is 16.6 Å². The van der Waals surface area contributed by atoms with Crippen molar-refractivity contribution in [2.45, 2.75) is 25.3 Å². The summed E-state index contributed by atoms with van der Waals surface area (Å²) in [6.45, 7) is 0. The molecule has 1 fully saturated rings. The monoisotopic (exact) mass is 374 g/mol. The number of nitro groups is 1. The lowest BCUT2D eigenvalue weighted by Gasteiger charge is -2.13. The van der Waals surface area contributed by atoms with Gasteiger partial charge in [-0.1, -0.05) is 0 Å². The van der Waals surface area contributed by atoms with Crippen molar-refractivity contribution in [3.63, 3.8) is 0 Å². The van der Waals surface area contributed by atoms with Crippen LogP contribution in [0.1, 0.15) is 29.6 Å². The normalized spacial score (nSPS) is 20.6. The molecule has 9 heteroatoms. The molecule has 0 aliphatic heterocycles. The number of carbonyl (C=O) groups is 2. The highest BCUT2D eigenvalue weighted by Gasteiger charge is 2.31. The van der Waals surface area contributed by atoms with E-state index >= 15 is 0 Å². The molecular weight excluding hydrogens is 363 g/mol. The maximum absolute atomic E-state index is 13.4. The maximum Gasteiger partial charge on any atom is 0.306 e. The minimum absolute atomic E-state index is 0.107. The Morgan fingerprint density at radius 1 is 1.41 bits per heavy atom. The van der Waals surface area contributed by atoms with Crippen LogP contribution >= 0.6 is 15.9 Å². The first-order valence-electron chi connectivity index (χ1n) is 6.46. The van der Waals surface area contributed by atoms with E-state index in [0.717, 1.165) is 12.1 Å². The van der Waals surface area contributed by atoms with Gasteiger partial charge < -0.3 is 10.4 Å².